The molecule has 0 aliphatic heterocycles. The van der Waals surface area contributed by atoms with Crippen molar-refractivity contribution in [2.75, 3.05) is 0 Å². The van der Waals surface area contributed by atoms with Crippen LogP contribution in [0.15, 0.2) is 12.1 Å². The summed E-state index contributed by atoms with van der Waals surface area (Å²) in [5.41, 5.74) is -5.74. The lowest BCUT2D eigenvalue weighted by molar-refractivity contribution is -0.375. The second kappa shape index (κ2) is 5.25. The quantitative estimate of drug-likeness (QED) is 0.753. The molecule has 3 saturated carbocycles. The van der Waals surface area contributed by atoms with Crippen LogP contribution < -0.4 is 0 Å². The number of phenols is 1. The lowest BCUT2D eigenvalue weighted by Crippen LogP contribution is -2.67. The number of hydrogen-bond donors (Lipinski definition) is 1. The van der Waals surface area contributed by atoms with E-state index >= 15 is 0 Å². The Bertz CT molecular complexity index is 696. The smallest absolute Gasteiger partial charge is 0.386 e. The minimum absolute atomic E-state index is 0.233. The molecule has 3 aliphatic rings. The van der Waals surface area contributed by atoms with Gasteiger partial charge in [-0.1, -0.05) is 6.92 Å². The summed E-state index contributed by atoms with van der Waals surface area (Å²) in [5, 5.41) is 8.99. The van der Waals surface area contributed by atoms with Gasteiger partial charge >= 0.3 is 6.11 Å². The fourth-order valence-electron chi connectivity index (χ4n) is 3.68. The average Bonchev–Trinajstić information content (AvgIpc) is 2.52. The highest BCUT2D eigenvalue weighted by molar-refractivity contribution is 5.31. The fourth-order valence-corrected chi connectivity index (χ4v) is 3.68. The van der Waals surface area contributed by atoms with Gasteiger partial charge in [-0.15, -0.1) is 0 Å². The van der Waals surface area contributed by atoms with Crippen molar-refractivity contribution in [3.63, 3.8) is 0 Å². The molecule has 0 aromatic heterocycles. The molecule has 2 nitrogen and oxygen atoms in total. The van der Waals surface area contributed by atoms with Crippen LogP contribution in [0.1, 0.15) is 38.2 Å². The van der Waals surface area contributed by atoms with Crippen molar-refractivity contribution in [2.45, 2.75) is 56.4 Å². The van der Waals surface area contributed by atoms with Gasteiger partial charge < -0.3 is 9.84 Å². The number of ether oxygens (including phenoxy) is 1. The van der Waals surface area contributed by atoms with Crippen LogP contribution in [-0.2, 0) is 10.8 Å². The van der Waals surface area contributed by atoms with Gasteiger partial charge in [0.2, 0.25) is 5.82 Å². The van der Waals surface area contributed by atoms with E-state index in [4.69, 9.17) is 5.11 Å². The number of rotatable bonds is 3. The van der Waals surface area contributed by atoms with Crippen LogP contribution in [0.2, 0.25) is 0 Å². The average molecular weight is 372 g/mol. The van der Waals surface area contributed by atoms with Crippen LogP contribution in [0.25, 0.3) is 0 Å². The lowest BCUT2D eigenvalue weighted by atomic mass is 9.56. The molecule has 0 amide bonds. The summed E-state index contributed by atoms with van der Waals surface area (Å²) in [6.07, 6.45) is -8.80. The number of alkyl halides is 5. The highest BCUT2D eigenvalue weighted by Gasteiger charge is 2.72. The van der Waals surface area contributed by atoms with Gasteiger partial charge in [0.15, 0.2) is 17.7 Å². The highest BCUT2D eigenvalue weighted by atomic mass is 19.3. The van der Waals surface area contributed by atoms with Gasteiger partial charge in [-0.25, -0.2) is 17.6 Å². The Kier molecular flexibility index (Phi) is 3.84. The summed E-state index contributed by atoms with van der Waals surface area (Å²) in [6.45, 7) is 1.19. The van der Waals surface area contributed by atoms with Crippen LogP contribution >= 0.6 is 0 Å². The van der Waals surface area contributed by atoms with Gasteiger partial charge in [-0.3, -0.25) is 0 Å². The van der Waals surface area contributed by atoms with E-state index in [1.165, 1.54) is 6.92 Å². The van der Waals surface area contributed by atoms with E-state index in [2.05, 4.69) is 4.74 Å². The Balaban J connectivity index is 1.97. The molecular formula is C16H15F7O2. The van der Waals surface area contributed by atoms with Gasteiger partial charge in [-0.2, -0.15) is 13.2 Å². The van der Waals surface area contributed by atoms with Crippen molar-refractivity contribution in [2.24, 2.45) is 5.41 Å². The standard InChI is InChI=1S/C16H15F7O2/c1-13-4-6-14(7-5-13,12(19)15(13,20)21)25-16(22,23)8-2-3-9(24)11(18)10(8)17/h2-3,12,24H,4-7H2,1H3. The number of phenolic OH excluding ortho intramolecular Hbond substituents is 1. The van der Waals surface area contributed by atoms with E-state index in [9.17, 15) is 30.7 Å². The van der Waals surface area contributed by atoms with E-state index in [-0.39, 0.29) is 12.8 Å². The molecule has 1 aromatic carbocycles. The molecule has 1 unspecified atom stereocenters. The molecule has 25 heavy (non-hydrogen) atoms. The summed E-state index contributed by atoms with van der Waals surface area (Å²) in [4.78, 5) is 0. The maximum absolute atomic E-state index is 14.4. The van der Waals surface area contributed by atoms with Crippen LogP contribution in [-0.4, -0.2) is 22.8 Å². The first-order chi connectivity index (χ1) is 11.4. The maximum atomic E-state index is 14.4. The minimum Gasteiger partial charge on any atom is -0.505 e. The Morgan fingerprint density at radius 1 is 1.08 bits per heavy atom. The number of hydrogen-bond acceptors (Lipinski definition) is 2. The number of halogens is 7. The summed E-state index contributed by atoms with van der Waals surface area (Å²) < 4.78 is 103. The maximum Gasteiger partial charge on any atom is 0.386 e. The van der Waals surface area contributed by atoms with E-state index in [0.29, 0.717) is 12.1 Å². The zero-order chi connectivity index (χ0) is 18.8. The largest absolute Gasteiger partial charge is 0.505 e. The van der Waals surface area contributed by atoms with Crippen molar-refractivity contribution in [3.05, 3.63) is 29.3 Å². The number of fused-ring (bicyclic) bond motifs is 3. The van der Waals surface area contributed by atoms with E-state index in [0.717, 1.165) is 0 Å². The van der Waals surface area contributed by atoms with Crippen LogP contribution in [0.5, 0.6) is 5.75 Å². The predicted molar refractivity (Wildman–Crippen MR) is 72.2 cm³/mol. The van der Waals surface area contributed by atoms with Gasteiger partial charge in [0.05, 0.1) is 5.56 Å². The van der Waals surface area contributed by atoms with Crippen LogP contribution in [0, 0.1) is 17.0 Å². The lowest BCUT2D eigenvalue weighted by Gasteiger charge is -2.57. The van der Waals surface area contributed by atoms with Gasteiger partial charge in [0.1, 0.15) is 5.60 Å². The molecule has 0 heterocycles. The summed E-state index contributed by atoms with van der Waals surface area (Å²) in [7, 11) is 0. The third-order valence-electron chi connectivity index (χ3n) is 5.49. The van der Waals surface area contributed by atoms with Crippen molar-refractivity contribution >= 4 is 0 Å². The third kappa shape index (κ3) is 2.42. The van der Waals surface area contributed by atoms with Crippen molar-refractivity contribution in [1.29, 1.82) is 0 Å². The molecule has 1 atom stereocenters. The van der Waals surface area contributed by atoms with Crippen LogP contribution in [0.4, 0.5) is 30.7 Å². The molecule has 3 aliphatic carbocycles. The van der Waals surface area contributed by atoms with E-state index in [1.54, 1.807) is 0 Å². The summed E-state index contributed by atoms with van der Waals surface area (Å²) >= 11 is 0. The zero-order valence-electron chi connectivity index (χ0n) is 13.1. The second-order valence-corrected chi connectivity index (χ2v) is 6.99. The van der Waals surface area contributed by atoms with E-state index in [1.807, 2.05) is 0 Å². The number of benzene rings is 1. The molecule has 0 saturated heterocycles. The molecule has 1 aromatic rings. The minimum atomic E-state index is -4.55. The van der Waals surface area contributed by atoms with Crippen LogP contribution in [0.3, 0.4) is 0 Å². The fraction of sp³-hybridized carbons (Fsp3) is 0.625. The highest BCUT2D eigenvalue weighted by Crippen LogP contribution is 2.63. The Labute approximate surface area is 138 Å². The zero-order valence-corrected chi connectivity index (χ0v) is 13.1. The first kappa shape index (κ1) is 18.3. The van der Waals surface area contributed by atoms with Gasteiger partial charge in [0.25, 0.3) is 5.92 Å². The Morgan fingerprint density at radius 3 is 2.20 bits per heavy atom. The predicted octanol–water partition coefficient (Wildman–Crippen LogP) is 5.04. The number of aromatic hydroxyl groups is 1. The van der Waals surface area contributed by atoms with Gasteiger partial charge in [-0.05, 0) is 37.8 Å². The molecule has 0 spiro atoms. The SMILES string of the molecule is CC12CCC(OC(F)(F)c3ccc(O)c(F)c3F)(CC1)C(F)C2(F)F. The van der Waals surface area contributed by atoms with Crippen molar-refractivity contribution in [1.82, 2.24) is 0 Å². The molecule has 2 bridgehead atoms. The summed E-state index contributed by atoms with van der Waals surface area (Å²) in [5.74, 6) is -9.09. The van der Waals surface area contributed by atoms with Gasteiger partial charge in [0, 0.05) is 5.41 Å². The first-order valence-electron chi connectivity index (χ1n) is 7.64. The summed E-state index contributed by atoms with van der Waals surface area (Å²) in [6, 6.07) is 0.842. The molecule has 0 radical (unpaired) electrons. The first-order valence-corrected chi connectivity index (χ1v) is 7.64. The molecule has 3 fully saturated rings. The Hall–Kier alpha value is -1.51. The monoisotopic (exact) mass is 372 g/mol. The second-order valence-electron chi connectivity index (χ2n) is 6.99. The molecular weight excluding hydrogens is 357 g/mol. The normalized spacial score (nSPS) is 34.3. The van der Waals surface area contributed by atoms with E-state index < -0.39 is 65.0 Å². The molecule has 9 heteroatoms. The molecule has 1 N–H and O–H groups in total. The topological polar surface area (TPSA) is 29.5 Å². The van der Waals surface area contributed by atoms with Crippen molar-refractivity contribution in [3.8, 4) is 5.75 Å². The molecule has 140 valence electrons. The molecule has 4 rings (SSSR count). The van der Waals surface area contributed by atoms with Crippen molar-refractivity contribution < 1.29 is 40.6 Å². The third-order valence-corrected chi connectivity index (χ3v) is 5.49. The Morgan fingerprint density at radius 2 is 1.64 bits per heavy atom.